The highest BCUT2D eigenvalue weighted by Gasteiger charge is 2.22. The molecular weight excluding hydrogens is 372 g/mol. The Morgan fingerprint density at radius 1 is 1.10 bits per heavy atom. The summed E-state index contributed by atoms with van der Waals surface area (Å²) in [5.74, 6) is 1.52. The molecule has 2 unspecified atom stereocenters. The zero-order chi connectivity index (χ0) is 21.0. The second-order valence-electron chi connectivity index (χ2n) is 8.08. The Balaban J connectivity index is 1.44. The van der Waals surface area contributed by atoms with Gasteiger partial charge in [-0.25, -0.2) is 0 Å². The quantitative estimate of drug-likeness (QED) is 0.418. The molecular formula is C25H36N4O. The van der Waals surface area contributed by atoms with Crippen molar-refractivity contribution in [3.63, 3.8) is 0 Å². The van der Waals surface area contributed by atoms with Gasteiger partial charge in [0.1, 0.15) is 0 Å². The summed E-state index contributed by atoms with van der Waals surface area (Å²) in [7, 11) is 0. The van der Waals surface area contributed by atoms with Crippen LogP contribution in [0.15, 0.2) is 65.7 Å². The zero-order valence-electron chi connectivity index (χ0n) is 18.1. The molecule has 2 aromatic carbocycles. The number of hydrogen-bond acceptors (Lipinski definition) is 3. The average Bonchev–Trinajstić information content (AvgIpc) is 3.26. The maximum atomic E-state index is 9.77. The van der Waals surface area contributed by atoms with Gasteiger partial charge in [0, 0.05) is 32.1 Å². The summed E-state index contributed by atoms with van der Waals surface area (Å²) in [5.41, 5.74) is 2.54. The second kappa shape index (κ2) is 12.4. The van der Waals surface area contributed by atoms with E-state index >= 15 is 0 Å². The molecule has 2 aromatic rings. The summed E-state index contributed by atoms with van der Waals surface area (Å²) >= 11 is 0. The van der Waals surface area contributed by atoms with Gasteiger partial charge in [0.15, 0.2) is 5.96 Å². The fourth-order valence-electron chi connectivity index (χ4n) is 3.99. The van der Waals surface area contributed by atoms with Crippen molar-refractivity contribution in [2.24, 2.45) is 10.9 Å². The van der Waals surface area contributed by atoms with Crippen LogP contribution in [-0.2, 0) is 6.42 Å². The molecule has 0 aliphatic carbocycles. The van der Waals surface area contributed by atoms with Gasteiger partial charge in [0.05, 0.1) is 13.2 Å². The van der Waals surface area contributed by atoms with E-state index < -0.39 is 0 Å². The first-order valence-corrected chi connectivity index (χ1v) is 11.2. The van der Waals surface area contributed by atoms with E-state index in [1.54, 1.807) is 0 Å². The van der Waals surface area contributed by atoms with E-state index in [1.807, 2.05) is 18.2 Å². The standard InChI is InChI=1S/C25H36N4O/c1-2-26-25(28-18-24(20-30)23-11-7-4-8-12-23)27-17-22-14-16-29(19-22)15-13-21-9-5-3-6-10-21/h3-12,22,24,30H,2,13-20H2,1H3,(H2,26,27,28). The SMILES string of the molecule is CCNC(=NCC(CO)c1ccccc1)NCC1CCN(CCc2ccccc2)C1. The predicted molar refractivity (Wildman–Crippen MR) is 125 cm³/mol. The average molecular weight is 409 g/mol. The maximum Gasteiger partial charge on any atom is 0.191 e. The Labute approximate surface area is 181 Å². The summed E-state index contributed by atoms with van der Waals surface area (Å²) < 4.78 is 0. The second-order valence-corrected chi connectivity index (χ2v) is 8.08. The van der Waals surface area contributed by atoms with Crippen LogP contribution in [0.4, 0.5) is 0 Å². The molecule has 162 valence electrons. The zero-order valence-corrected chi connectivity index (χ0v) is 18.1. The van der Waals surface area contributed by atoms with Crippen molar-refractivity contribution in [2.75, 3.05) is 45.9 Å². The Bertz CT molecular complexity index is 750. The van der Waals surface area contributed by atoms with Gasteiger partial charge in [-0.1, -0.05) is 60.7 Å². The Morgan fingerprint density at radius 2 is 1.83 bits per heavy atom. The third kappa shape index (κ3) is 7.15. The van der Waals surface area contributed by atoms with Gasteiger partial charge in [-0.3, -0.25) is 4.99 Å². The van der Waals surface area contributed by atoms with E-state index in [2.05, 4.69) is 64.9 Å². The van der Waals surface area contributed by atoms with Crippen molar-refractivity contribution in [3.05, 3.63) is 71.8 Å². The van der Waals surface area contributed by atoms with Gasteiger partial charge in [-0.2, -0.15) is 0 Å². The third-order valence-electron chi connectivity index (χ3n) is 5.79. The van der Waals surface area contributed by atoms with Crippen molar-refractivity contribution in [1.82, 2.24) is 15.5 Å². The van der Waals surface area contributed by atoms with Gasteiger partial charge < -0.3 is 20.6 Å². The minimum atomic E-state index is 0.0293. The highest BCUT2D eigenvalue weighted by molar-refractivity contribution is 5.79. The lowest BCUT2D eigenvalue weighted by Gasteiger charge is -2.18. The van der Waals surface area contributed by atoms with E-state index in [0.717, 1.165) is 44.1 Å². The highest BCUT2D eigenvalue weighted by atomic mass is 16.3. The Kier molecular flexibility index (Phi) is 9.19. The molecule has 0 radical (unpaired) electrons. The number of guanidine groups is 1. The number of hydrogen-bond donors (Lipinski definition) is 3. The van der Waals surface area contributed by atoms with Crippen LogP contribution < -0.4 is 10.6 Å². The van der Waals surface area contributed by atoms with E-state index in [9.17, 15) is 5.11 Å². The number of nitrogens with zero attached hydrogens (tertiary/aromatic N) is 2. The normalized spacial score (nSPS) is 18.3. The molecule has 5 heteroatoms. The number of benzene rings is 2. The van der Waals surface area contributed by atoms with Crippen molar-refractivity contribution in [1.29, 1.82) is 0 Å². The summed E-state index contributed by atoms with van der Waals surface area (Å²) in [5, 5.41) is 16.6. The van der Waals surface area contributed by atoms with Gasteiger partial charge in [0.25, 0.3) is 0 Å². The van der Waals surface area contributed by atoms with E-state index in [0.29, 0.717) is 12.5 Å². The van der Waals surface area contributed by atoms with Gasteiger partial charge in [0.2, 0.25) is 0 Å². The Morgan fingerprint density at radius 3 is 2.53 bits per heavy atom. The third-order valence-corrected chi connectivity index (χ3v) is 5.79. The molecule has 0 aromatic heterocycles. The number of aliphatic hydroxyl groups is 1. The lowest BCUT2D eigenvalue weighted by atomic mass is 10.0. The molecule has 2 atom stereocenters. The number of likely N-dealkylation sites (tertiary alicyclic amines) is 1. The lowest BCUT2D eigenvalue weighted by Crippen LogP contribution is -2.40. The molecule has 30 heavy (non-hydrogen) atoms. The lowest BCUT2D eigenvalue weighted by molar-refractivity contribution is 0.268. The fourth-order valence-corrected chi connectivity index (χ4v) is 3.99. The molecule has 0 bridgehead atoms. The highest BCUT2D eigenvalue weighted by Crippen LogP contribution is 2.17. The molecule has 0 amide bonds. The van der Waals surface area contributed by atoms with Gasteiger partial charge >= 0.3 is 0 Å². The number of aliphatic hydroxyl groups excluding tert-OH is 1. The fraction of sp³-hybridized carbons (Fsp3) is 0.480. The summed E-state index contributed by atoms with van der Waals surface area (Å²) in [6.45, 7) is 7.96. The van der Waals surface area contributed by atoms with Crippen LogP contribution in [0.3, 0.4) is 0 Å². The van der Waals surface area contributed by atoms with Crippen molar-refractivity contribution >= 4 is 5.96 Å². The van der Waals surface area contributed by atoms with Gasteiger partial charge in [-0.15, -0.1) is 0 Å². The van der Waals surface area contributed by atoms with E-state index in [-0.39, 0.29) is 12.5 Å². The molecule has 0 spiro atoms. The molecule has 0 saturated carbocycles. The molecule has 1 aliphatic heterocycles. The largest absolute Gasteiger partial charge is 0.396 e. The van der Waals surface area contributed by atoms with E-state index in [1.165, 1.54) is 18.5 Å². The molecule has 3 N–H and O–H groups in total. The minimum absolute atomic E-state index is 0.0293. The molecule has 1 heterocycles. The van der Waals surface area contributed by atoms with Crippen LogP contribution in [-0.4, -0.2) is 61.8 Å². The topological polar surface area (TPSA) is 59.9 Å². The molecule has 1 fully saturated rings. The Hall–Kier alpha value is -2.37. The summed E-state index contributed by atoms with van der Waals surface area (Å²) in [6.07, 6.45) is 2.34. The van der Waals surface area contributed by atoms with Crippen LogP contribution in [0.5, 0.6) is 0 Å². The first-order chi connectivity index (χ1) is 14.8. The maximum absolute atomic E-state index is 9.77. The van der Waals surface area contributed by atoms with Crippen molar-refractivity contribution < 1.29 is 5.11 Å². The van der Waals surface area contributed by atoms with E-state index in [4.69, 9.17) is 4.99 Å². The van der Waals surface area contributed by atoms with Crippen LogP contribution in [0.2, 0.25) is 0 Å². The molecule has 1 aliphatic rings. The summed E-state index contributed by atoms with van der Waals surface area (Å²) in [6, 6.07) is 20.9. The van der Waals surface area contributed by atoms with Crippen LogP contribution in [0.25, 0.3) is 0 Å². The van der Waals surface area contributed by atoms with Crippen LogP contribution >= 0.6 is 0 Å². The van der Waals surface area contributed by atoms with Gasteiger partial charge in [-0.05, 0) is 43.4 Å². The van der Waals surface area contributed by atoms with Crippen molar-refractivity contribution in [3.8, 4) is 0 Å². The first kappa shape index (κ1) is 22.3. The number of nitrogens with one attached hydrogen (secondary N) is 2. The first-order valence-electron chi connectivity index (χ1n) is 11.2. The molecule has 5 nitrogen and oxygen atoms in total. The monoisotopic (exact) mass is 408 g/mol. The van der Waals surface area contributed by atoms with Crippen LogP contribution in [0.1, 0.15) is 30.4 Å². The molecule has 3 rings (SSSR count). The summed E-state index contributed by atoms with van der Waals surface area (Å²) in [4.78, 5) is 7.31. The minimum Gasteiger partial charge on any atom is -0.396 e. The predicted octanol–water partition coefficient (Wildman–Crippen LogP) is 2.88. The number of rotatable bonds is 10. The smallest absolute Gasteiger partial charge is 0.191 e. The van der Waals surface area contributed by atoms with Crippen LogP contribution in [0, 0.1) is 5.92 Å². The number of aliphatic imine (C=N–C) groups is 1. The van der Waals surface area contributed by atoms with Crippen molar-refractivity contribution in [2.45, 2.75) is 25.7 Å². The molecule has 1 saturated heterocycles.